The second-order valence-electron chi connectivity index (χ2n) is 5.47. The monoisotopic (exact) mass is 401 g/mol. The summed E-state index contributed by atoms with van der Waals surface area (Å²) in [6.45, 7) is -0.221. The SMILES string of the molecule is O=C(COc1ccc(Cl)cc1)NNC(=O)CSc1ccc2ccccc2n1. The maximum atomic E-state index is 11.9. The van der Waals surface area contributed by atoms with E-state index >= 15 is 0 Å². The molecule has 138 valence electrons. The minimum Gasteiger partial charge on any atom is -0.484 e. The van der Waals surface area contributed by atoms with Gasteiger partial charge in [-0.2, -0.15) is 0 Å². The Morgan fingerprint density at radius 3 is 2.52 bits per heavy atom. The fourth-order valence-electron chi connectivity index (χ4n) is 2.16. The summed E-state index contributed by atoms with van der Waals surface area (Å²) in [6.07, 6.45) is 0. The van der Waals surface area contributed by atoms with Gasteiger partial charge in [-0.15, -0.1) is 0 Å². The number of amides is 2. The van der Waals surface area contributed by atoms with Crippen molar-refractivity contribution in [2.45, 2.75) is 5.03 Å². The number of hydrazine groups is 1. The van der Waals surface area contributed by atoms with E-state index in [1.165, 1.54) is 11.8 Å². The van der Waals surface area contributed by atoms with E-state index in [0.29, 0.717) is 10.8 Å². The van der Waals surface area contributed by atoms with Crippen LogP contribution < -0.4 is 15.6 Å². The second-order valence-corrected chi connectivity index (χ2v) is 6.90. The van der Waals surface area contributed by atoms with Crippen LogP contribution in [0.4, 0.5) is 0 Å². The zero-order valence-corrected chi connectivity index (χ0v) is 15.7. The minimum absolute atomic E-state index is 0.129. The van der Waals surface area contributed by atoms with Crippen LogP contribution in [-0.4, -0.2) is 29.2 Å². The number of pyridine rings is 1. The van der Waals surface area contributed by atoms with Crippen molar-refractivity contribution in [1.82, 2.24) is 15.8 Å². The summed E-state index contributed by atoms with van der Waals surface area (Å²) in [5, 5.41) is 2.36. The molecule has 0 radical (unpaired) electrons. The number of benzene rings is 2. The van der Waals surface area contributed by atoms with Gasteiger partial charge in [0.05, 0.1) is 16.3 Å². The maximum Gasteiger partial charge on any atom is 0.276 e. The molecule has 27 heavy (non-hydrogen) atoms. The normalized spacial score (nSPS) is 10.4. The molecule has 0 aliphatic heterocycles. The second kappa shape index (κ2) is 9.25. The van der Waals surface area contributed by atoms with Crippen LogP contribution >= 0.6 is 23.4 Å². The highest BCUT2D eigenvalue weighted by molar-refractivity contribution is 7.99. The summed E-state index contributed by atoms with van der Waals surface area (Å²) >= 11 is 7.06. The molecule has 0 unspecified atom stereocenters. The Bertz CT molecular complexity index is 950. The van der Waals surface area contributed by atoms with Crippen molar-refractivity contribution >= 4 is 46.1 Å². The van der Waals surface area contributed by atoms with E-state index in [1.54, 1.807) is 24.3 Å². The Balaban J connectivity index is 1.39. The highest BCUT2D eigenvalue weighted by atomic mass is 35.5. The number of halogens is 1. The fraction of sp³-hybridized carbons (Fsp3) is 0.105. The van der Waals surface area contributed by atoms with Gasteiger partial charge in [0, 0.05) is 10.4 Å². The number of thioether (sulfide) groups is 1. The predicted molar refractivity (Wildman–Crippen MR) is 106 cm³/mol. The number of carbonyl (C=O) groups excluding carboxylic acids is 2. The van der Waals surface area contributed by atoms with Gasteiger partial charge in [-0.1, -0.05) is 47.6 Å². The third-order valence-electron chi connectivity index (χ3n) is 3.45. The van der Waals surface area contributed by atoms with E-state index in [4.69, 9.17) is 16.3 Å². The van der Waals surface area contributed by atoms with E-state index in [2.05, 4.69) is 15.8 Å². The van der Waals surface area contributed by atoms with Gasteiger partial charge in [0.2, 0.25) is 5.91 Å². The lowest BCUT2D eigenvalue weighted by Gasteiger charge is -2.09. The van der Waals surface area contributed by atoms with Crippen LogP contribution in [0.15, 0.2) is 65.7 Å². The van der Waals surface area contributed by atoms with E-state index in [-0.39, 0.29) is 18.3 Å². The number of nitrogens with one attached hydrogen (secondary N) is 2. The molecule has 2 aromatic carbocycles. The summed E-state index contributed by atoms with van der Waals surface area (Å²) in [5.41, 5.74) is 5.52. The quantitative estimate of drug-likeness (QED) is 0.489. The molecule has 0 aliphatic rings. The van der Waals surface area contributed by atoms with Crippen LogP contribution in [0.3, 0.4) is 0 Å². The van der Waals surface area contributed by atoms with Crippen LogP contribution in [0.5, 0.6) is 5.75 Å². The molecule has 0 saturated carbocycles. The molecule has 0 saturated heterocycles. The van der Waals surface area contributed by atoms with Gasteiger partial charge in [-0.05, 0) is 36.4 Å². The molecule has 6 nitrogen and oxygen atoms in total. The number of aromatic nitrogens is 1. The molecular formula is C19H16ClN3O3S. The zero-order chi connectivity index (χ0) is 19.1. The standard InChI is InChI=1S/C19H16ClN3O3S/c20-14-6-8-15(9-7-14)26-11-17(24)22-23-18(25)12-27-19-10-5-13-3-1-2-4-16(13)21-19/h1-10H,11-12H2,(H,22,24)(H,23,25). The van der Waals surface area contributed by atoms with Crippen LogP contribution in [0.1, 0.15) is 0 Å². The molecule has 1 aromatic heterocycles. The maximum absolute atomic E-state index is 11.9. The Morgan fingerprint density at radius 1 is 0.963 bits per heavy atom. The number of carbonyl (C=O) groups is 2. The third-order valence-corrected chi connectivity index (χ3v) is 4.63. The lowest BCUT2D eigenvalue weighted by atomic mass is 10.2. The van der Waals surface area contributed by atoms with E-state index in [9.17, 15) is 9.59 Å². The molecule has 3 rings (SSSR count). The minimum atomic E-state index is -0.466. The van der Waals surface area contributed by atoms with Crippen molar-refractivity contribution in [3.63, 3.8) is 0 Å². The molecule has 8 heteroatoms. The molecule has 0 spiro atoms. The lowest BCUT2D eigenvalue weighted by Crippen LogP contribution is -2.44. The van der Waals surface area contributed by atoms with Crippen LogP contribution in [0.25, 0.3) is 10.9 Å². The molecular weight excluding hydrogens is 386 g/mol. The summed E-state index contributed by atoms with van der Waals surface area (Å²) < 4.78 is 5.29. The summed E-state index contributed by atoms with van der Waals surface area (Å²) in [7, 11) is 0. The molecule has 3 aromatic rings. The van der Waals surface area contributed by atoms with Gasteiger partial charge in [-0.25, -0.2) is 4.98 Å². The van der Waals surface area contributed by atoms with E-state index in [0.717, 1.165) is 15.9 Å². The molecule has 1 heterocycles. The number of ether oxygens (including phenoxy) is 1. The molecule has 0 atom stereocenters. The Labute approximate surface area is 165 Å². The largest absolute Gasteiger partial charge is 0.484 e. The molecule has 0 bridgehead atoms. The highest BCUT2D eigenvalue weighted by Crippen LogP contribution is 2.19. The predicted octanol–water partition coefficient (Wildman–Crippen LogP) is 3.21. The highest BCUT2D eigenvalue weighted by Gasteiger charge is 2.07. The number of nitrogens with zero attached hydrogens (tertiary/aromatic N) is 1. The van der Waals surface area contributed by atoms with Crippen molar-refractivity contribution in [3.05, 3.63) is 65.7 Å². The van der Waals surface area contributed by atoms with Crippen molar-refractivity contribution in [2.24, 2.45) is 0 Å². The first-order valence-corrected chi connectivity index (χ1v) is 9.41. The first-order valence-electron chi connectivity index (χ1n) is 8.05. The Kier molecular flexibility index (Phi) is 6.51. The number of fused-ring (bicyclic) bond motifs is 1. The zero-order valence-electron chi connectivity index (χ0n) is 14.1. The summed E-state index contributed by atoms with van der Waals surface area (Å²) in [5.74, 6) is -0.162. The van der Waals surface area contributed by atoms with Gasteiger partial charge >= 0.3 is 0 Å². The molecule has 2 N–H and O–H groups in total. The van der Waals surface area contributed by atoms with Crippen LogP contribution in [0, 0.1) is 0 Å². The molecule has 0 fully saturated rings. The molecule has 0 aliphatic carbocycles. The van der Waals surface area contributed by atoms with Crippen LogP contribution in [-0.2, 0) is 9.59 Å². The smallest absolute Gasteiger partial charge is 0.276 e. The first kappa shape index (κ1) is 19.0. The topological polar surface area (TPSA) is 80.3 Å². The number of para-hydroxylation sites is 1. The van der Waals surface area contributed by atoms with Gasteiger partial charge in [0.25, 0.3) is 5.91 Å². The van der Waals surface area contributed by atoms with Crippen molar-refractivity contribution in [3.8, 4) is 5.75 Å². The van der Waals surface area contributed by atoms with Gasteiger partial charge in [0.1, 0.15) is 5.75 Å². The Morgan fingerprint density at radius 2 is 1.70 bits per heavy atom. The summed E-state index contributed by atoms with van der Waals surface area (Å²) in [6, 6.07) is 18.2. The lowest BCUT2D eigenvalue weighted by molar-refractivity contribution is -0.128. The van der Waals surface area contributed by atoms with Crippen molar-refractivity contribution < 1.29 is 14.3 Å². The van der Waals surface area contributed by atoms with E-state index in [1.807, 2.05) is 36.4 Å². The number of hydrogen-bond donors (Lipinski definition) is 2. The van der Waals surface area contributed by atoms with Crippen molar-refractivity contribution in [2.75, 3.05) is 12.4 Å². The number of rotatable bonds is 6. The number of hydrogen-bond acceptors (Lipinski definition) is 5. The van der Waals surface area contributed by atoms with Gasteiger partial charge in [0.15, 0.2) is 6.61 Å². The third kappa shape index (κ3) is 5.87. The first-order chi connectivity index (χ1) is 13.1. The summed E-state index contributed by atoms with van der Waals surface area (Å²) in [4.78, 5) is 28.1. The van der Waals surface area contributed by atoms with Crippen molar-refractivity contribution in [1.29, 1.82) is 0 Å². The average molecular weight is 402 g/mol. The van der Waals surface area contributed by atoms with E-state index < -0.39 is 5.91 Å². The fourth-order valence-corrected chi connectivity index (χ4v) is 2.96. The Hall–Kier alpha value is -2.77. The van der Waals surface area contributed by atoms with Gasteiger partial charge < -0.3 is 4.74 Å². The molecule has 2 amide bonds. The van der Waals surface area contributed by atoms with Gasteiger partial charge in [-0.3, -0.25) is 20.4 Å². The van der Waals surface area contributed by atoms with Crippen LogP contribution in [0.2, 0.25) is 5.02 Å². The average Bonchev–Trinajstić information content (AvgIpc) is 2.70.